The molecule has 0 amide bonds. The molecule has 0 aliphatic carbocycles. The summed E-state index contributed by atoms with van der Waals surface area (Å²) in [7, 11) is 0. The molecule has 5 heteroatoms. The minimum atomic E-state index is -0.371. The molecule has 1 rings (SSSR count). The van der Waals surface area contributed by atoms with Gasteiger partial charge in [0.15, 0.2) is 0 Å². The Morgan fingerprint density at radius 1 is 1.64 bits per heavy atom. The molecule has 1 atom stereocenters. The Morgan fingerprint density at radius 2 is 2.36 bits per heavy atom. The van der Waals surface area contributed by atoms with Gasteiger partial charge in [0.05, 0.1) is 6.07 Å². The van der Waals surface area contributed by atoms with Crippen LogP contribution >= 0.6 is 0 Å². The third kappa shape index (κ3) is 1.33. The largest absolute Gasteiger partial charge is 0.252 e. The maximum atomic E-state index is 8.45. The fourth-order valence-corrected chi connectivity index (χ4v) is 0.572. The van der Waals surface area contributed by atoms with Crippen LogP contribution in [0.15, 0.2) is 6.33 Å². The van der Waals surface area contributed by atoms with Crippen molar-refractivity contribution in [3.63, 3.8) is 0 Å². The summed E-state index contributed by atoms with van der Waals surface area (Å²) in [6.45, 7) is 1.68. The molecule has 1 heterocycles. The van der Waals surface area contributed by atoms with Crippen LogP contribution in [0.4, 0.5) is 0 Å². The first kappa shape index (κ1) is 7.23. The molecule has 0 bridgehead atoms. The topological polar surface area (TPSA) is 78.3 Å². The maximum absolute atomic E-state index is 8.45. The zero-order valence-electron chi connectivity index (χ0n) is 5.89. The summed E-state index contributed by atoms with van der Waals surface area (Å²) in [4.78, 5) is 3.64. The van der Waals surface area contributed by atoms with Crippen molar-refractivity contribution in [3.05, 3.63) is 12.2 Å². The monoisotopic (exact) mass is 147 g/mol. The highest BCUT2D eigenvalue weighted by molar-refractivity contribution is 5.06. The van der Waals surface area contributed by atoms with Crippen LogP contribution in [0.2, 0.25) is 0 Å². The molecule has 0 aliphatic heterocycles. The lowest BCUT2D eigenvalue weighted by atomic mass is 10.4. The lowest BCUT2D eigenvalue weighted by molar-refractivity contribution is 0.588. The van der Waals surface area contributed by atoms with E-state index in [0.29, 0.717) is 0 Å². The standard InChI is InChI=1S/C6H5N5/c1-5(2-7)11-4-9-6(3-8)10-11/h4-5H,1H3. The molecule has 1 aromatic rings. The predicted molar refractivity (Wildman–Crippen MR) is 35.1 cm³/mol. The molecule has 0 aromatic carbocycles. The number of aromatic nitrogens is 3. The lowest BCUT2D eigenvalue weighted by Gasteiger charge is -1.97. The van der Waals surface area contributed by atoms with Crippen LogP contribution in [0.5, 0.6) is 0 Å². The molecule has 0 fully saturated rings. The van der Waals surface area contributed by atoms with Crippen LogP contribution in [0.3, 0.4) is 0 Å². The summed E-state index contributed by atoms with van der Waals surface area (Å²) in [6, 6.07) is 3.37. The molecular formula is C6H5N5. The van der Waals surface area contributed by atoms with E-state index in [0.717, 1.165) is 0 Å². The Kier molecular flexibility index (Phi) is 1.84. The van der Waals surface area contributed by atoms with E-state index in [1.54, 1.807) is 13.0 Å². The van der Waals surface area contributed by atoms with E-state index in [9.17, 15) is 0 Å². The third-order valence-corrected chi connectivity index (χ3v) is 1.19. The summed E-state index contributed by atoms with van der Waals surface area (Å²) in [6.07, 6.45) is 1.37. The molecule has 0 spiro atoms. The molecule has 0 saturated heterocycles. The summed E-state index contributed by atoms with van der Waals surface area (Å²) in [5.41, 5.74) is 0. The van der Waals surface area contributed by atoms with Gasteiger partial charge in [0.1, 0.15) is 18.4 Å². The maximum Gasteiger partial charge on any atom is 0.252 e. The molecule has 0 N–H and O–H groups in total. The van der Waals surface area contributed by atoms with Crippen LogP contribution in [0.1, 0.15) is 18.8 Å². The van der Waals surface area contributed by atoms with Gasteiger partial charge >= 0.3 is 0 Å². The van der Waals surface area contributed by atoms with Gasteiger partial charge in [-0.25, -0.2) is 9.67 Å². The van der Waals surface area contributed by atoms with E-state index in [1.165, 1.54) is 11.0 Å². The highest BCUT2D eigenvalue weighted by atomic mass is 15.3. The van der Waals surface area contributed by atoms with Gasteiger partial charge < -0.3 is 0 Å². The van der Waals surface area contributed by atoms with Crippen LogP contribution in [-0.2, 0) is 0 Å². The molecule has 1 aromatic heterocycles. The van der Waals surface area contributed by atoms with E-state index in [2.05, 4.69) is 10.1 Å². The molecule has 11 heavy (non-hydrogen) atoms. The average molecular weight is 147 g/mol. The van der Waals surface area contributed by atoms with E-state index >= 15 is 0 Å². The van der Waals surface area contributed by atoms with Crippen LogP contribution in [-0.4, -0.2) is 14.8 Å². The second-order valence-corrected chi connectivity index (χ2v) is 1.97. The fraction of sp³-hybridized carbons (Fsp3) is 0.333. The first-order valence-corrected chi connectivity index (χ1v) is 2.99. The van der Waals surface area contributed by atoms with E-state index in [-0.39, 0.29) is 11.9 Å². The van der Waals surface area contributed by atoms with Gasteiger partial charge in [0, 0.05) is 0 Å². The van der Waals surface area contributed by atoms with Gasteiger partial charge in [-0.15, -0.1) is 5.10 Å². The first-order chi connectivity index (χ1) is 5.27. The van der Waals surface area contributed by atoms with Gasteiger partial charge in [-0.05, 0) is 6.92 Å². The number of hydrogen-bond donors (Lipinski definition) is 0. The van der Waals surface area contributed by atoms with E-state index in [4.69, 9.17) is 10.5 Å². The second kappa shape index (κ2) is 2.80. The zero-order chi connectivity index (χ0) is 8.27. The first-order valence-electron chi connectivity index (χ1n) is 2.99. The predicted octanol–water partition coefficient (Wildman–Crippen LogP) is 0.234. The fourth-order valence-electron chi connectivity index (χ4n) is 0.572. The van der Waals surface area contributed by atoms with Crippen molar-refractivity contribution in [2.75, 3.05) is 0 Å². The molecule has 54 valence electrons. The molecular weight excluding hydrogens is 142 g/mol. The quantitative estimate of drug-likeness (QED) is 0.569. The van der Waals surface area contributed by atoms with Gasteiger partial charge in [0.2, 0.25) is 0 Å². The highest BCUT2D eigenvalue weighted by Crippen LogP contribution is 1.99. The average Bonchev–Trinajstić information content (AvgIpc) is 2.50. The zero-order valence-corrected chi connectivity index (χ0v) is 5.89. The van der Waals surface area contributed by atoms with Crippen molar-refractivity contribution >= 4 is 0 Å². The Hall–Kier alpha value is -1.88. The summed E-state index contributed by atoms with van der Waals surface area (Å²) >= 11 is 0. The summed E-state index contributed by atoms with van der Waals surface area (Å²) in [5, 5.41) is 20.5. The smallest absolute Gasteiger partial charge is 0.235 e. The van der Waals surface area contributed by atoms with Crippen LogP contribution < -0.4 is 0 Å². The highest BCUT2D eigenvalue weighted by Gasteiger charge is 2.04. The normalized spacial score (nSPS) is 11.5. The van der Waals surface area contributed by atoms with Gasteiger partial charge in [0.25, 0.3) is 5.82 Å². The van der Waals surface area contributed by atoms with Gasteiger partial charge in [-0.1, -0.05) is 0 Å². The Balaban J connectivity index is 2.93. The van der Waals surface area contributed by atoms with E-state index in [1.807, 2.05) is 6.07 Å². The number of nitriles is 2. The molecule has 0 radical (unpaired) electrons. The minimum Gasteiger partial charge on any atom is -0.235 e. The van der Waals surface area contributed by atoms with Crippen molar-refractivity contribution in [3.8, 4) is 12.1 Å². The SMILES string of the molecule is CC(C#N)n1cnc(C#N)n1. The van der Waals surface area contributed by atoms with Crippen molar-refractivity contribution < 1.29 is 0 Å². The Bertz CT molecular complexity index is 325. The number of nitrogens with zero attached hydrogens (tertiary/aromatic N) is 5. The van der Waals surface area contributed by atoms with Crippen molar-refractivity contribution in [1.82, 2.24) is 14.8 Å². The Morgan fingerprint density at radius 3 is 2.82 bits per heavy atom. The van der Waals surface area contributed by atoms with Gasteiger partial charge in [-0.3, -0.25) is 0 Å². The molecule has 1 unspecified atom stereocenters. The van der Waals surface area contributed by atoms with Crippen LogP contribution in [0, 0.1) is 22.7 Å². The molecule has 5 nitrogen and oxygen atoms in total. The van der Waals surface area contributed by atoms with E-state index < -0.39 is 0 Å². The van der Waals surface area contributed by atoms with Gasteiger partial charge in [-0.2, -0.15) is 10.5 Å². The Labute approximate surface area is 63.5 Å². The summed E-state index contributed by atoms with van der Waals surface area (Å²) < 4.78 is 1.35. The minimum absolute atomic E-state index is 0.0899. The molecule has 0 aliphatic rings. The van der Waals surface area contributed by atoms with Crippen LogP contribution in [0.25, 0.3) is 0 Å². The number of rotatable bonds is 1. The van der Waals surface area contributed by atoms with Crippen molar-refractivity contribution in [2.45, 2.75) is 13.0 Å². The lowest BCUT2D eigenvalue weighted by Crippen LogP contribution is -2.02. The molecule has 0 saturated carbocycles. The summed E-state index contributed by atoms with van der Waals surface area (Å²) in [5.74, 6) is 0.0899. The van der Waals surface area contributed by atoms with Crippen molar-refractivity contribution in [1.29, 1.82) is 10.5 Å². The second-order valence-electron chi connectivity index (χ2n) is 1.97. The number of hydrogen-bond acceptors (Lipinski definition) is 4. The third-order valence-electron chi connectivity index (χ3n) is 1.19. The van der Waals surface area contributed by atoms with Crippen molar-refractivity contribution in [2.24, 2.45) is 0 Å².